The fraction of sp³-hybridized carbons (Fsp3) is 0.448. The van der Waals surface area contributed by atoms with Crippen LogP contribution < -0.4 is 5.32 Å². The number of rotatable bonds is 7. The van der Waals surface area contributed by atoms with Gasteiger partial charge in [-0.05, 0) is 93.9 Å². The van der Waals surface area contributed by atoms with Crippen molar-refractivity contribution in [3.05, 3.63) is 52.4 Å². The first kappa shape index (κ1) is 27.6. The lowest BCUT2D eigenvalue weighted by Gasteiger charge is -2.32. The Hall–Kier alpha value is -2.91. The number of phenolic OH excluding ortho intramolecular Hbond substituents is 1. The lowest BCUT2D eigenvalue weighted by molar-refractivity contribution is -0.137. The predicted molar refractivity (Wildman–Crippen MR) is 144 cm³/mol. The molecule has 0 spiro atoms. The molecule has 2 saturated carbocycles. The molecule has 2 aliphatic carbocycles. The Morgan fingerprint density at radius 1 is 1.10 bits per heavy atom. The van der Waals surface area contributed by atoms with Crippen LogP contribution in [0.15, 0.2) is 30.5 Å². The third-order valence-electron chi connectivity index (χ3n) is 7.67. The Balaban J connectivity index is 1.63. The van der Waals surface area contributed by atoms with E-state index in [2.05, 4.69) is 15.2 Å². The molecule has 0 unspecified atom stereocenters. The largest absolute Gasteiger partial charge is 0.504 e. The van der Waals surface area contributed by atoms with Crippen LogP contribution in [0.1, 0.15) is 54.4 Å². The molecule has 1 aromatic heterocycles. The number of nitrogens with zero attached hydrogens (tertiary/aromatic N) is 2. The summed E-state index contributed by atoms with van der Waals surface area (Å²) in [6, 6.07) is 4.20. The summed E-state index contributed by atoms with van der Waals surface area (Å²) in [6.45, 7) is 0.992. The van der Waals surface area contributed by atoms with Gasteiger partial charge in [0, 0.05) is 30.1 Å². The van der Waals surface area contributed by atoms with Crippen LogP contribution in [0.5, 0.6) is 5.75 Å². The Bertz CT molecular complexity index is 1390. The first-order valence-electron chi connectivity index (χ1n) is 13.1. The second kappa shape index (κ2) is 10.6. The molecular weight excluding hydrogens is 534 g/mol. The highest BCUT2D eigenvalue weighted by Crippen LogP contribution is 2.44. The molecule has 0 aliphatic heterocycles. The van der Waals surface area contributed by atoms with Crippen molar-refractivity contribution in [3.8, 4) is 16.9 Å². The van der Waals surface area contributed by atoms with Gasteiger partial charge in [0.15, 0.2) is 17.3 Å². The van der Waals surface area contributed by atoms with E-state index in [1.54, 1.807) is 0 Å². The Kier molecular flexibility index (Phi) is 7.50. The van der Waals surface area contributed by atoms with Crippen molar-refractivity contribution in [1.82, 2.24) is 9.88 Å². The van der Waals surface area contributed by atoms with Crippen molar-refractivity contribution in [3.63, 3.8) is 0 Å². The number of halogens is 5. The number of hydrogen-bond acceptors (Lipinski definition) is 5. The zero-order valence-corrected chi connectivity index (χ0v) is 22.5. The fourth-order valence-electron chi connectivity index (χ4n) is 5.55. The minimum absolute atomic E-state index is 0.0473. The zero-order valence-electron chi connectivity index (χ0n) is 21.7. The van der Waals surface area contributed by atoms with Crippen LogP contribution in [0.4, 0.5) is 23.2 Å². The van der Waals surface area contributed by atoms with E-state index in [1.807, 2.05) is 14.1 Å². The number of hydrogen-bond donors (Lipinski definition) is 2. The van der Waals surface area contributed by atoms with E-state index in [9.17, 15) is 27.5 Å². The highest BCUT2D eigenvalue weighted by atomic mass is 35.5. The van der Waals surface area contributed by atoms with Crippen LogP contribution in [-0.4, -0.2) is 47.5 Å². The van der Waals surface area contributed by atoms with Crippen molar-refractivity contribution in [2.24, 2.45) is 11.8 Å². The van der Waals surface area contributed by atoms with Crippen LogP contribution >= 0.6 is 11.6 Å². The number of Topliss-reactive ketones (excluding diaryl/α,β-unsaturated/α-hetero) is 1. The van der Waals surface area contributed by atoms with E-state index in [1.165, 1.54) is 12.3 Å². The van der Waals surface area contributed by atoms with E-state index >= 15 is 0 Å². The maximum atomic E-state index is 14.3. The number of alkyl halides is 3. The molecule has 0 saturated heterocycles. The summed E-state index contributed by atoms with van der Waals surface area (Å²) in [5, 5.41) is 13.2. The maximum absolute atomic E-state index is 14.3. The minimum atomic E-state index is -4.77. The summed E-state index contributed by atoms with van der Waals surface area (Å²) in [4.78, 5) is 19.7. The first-order chi connectivity index (χ1) is 18.4. The normalized spacial score (nSPS) is 20.0. The van der Waals surface area contributed by atoms with Crippen LogP contribution in [0.2, 0.25) is 5.02 Å². The Morgan fingerprint density at radius 3 is 2.38 bits per heavy atom. The van der Waals surface area contributed by atoms with Gasteiger partial charge < -0.3 is 15.3 Å². The highest BCUT2D eigenvalue weighted by molar-refractivity contribution is 6.32. The molecule has 2 fully saturated rings. The molecule has 2 N–H and O–H groups in total. The van der Waals surface area contributed by atoms with Gasteiger partial charge in [0.05, 0.1) is 27.4 Å². The van der Waals surface area contributed by atoms with E-state index in [0.717, 1.165) is 63.3 Å². The second-order valence-corrected chi connectivity index (χ2v) is 11.4. The van der Waals surface area contributed by atoms with Gasteiger partial charge in [-0.25, -0.2) is 4.39 Å². The van der Waals surface area contributed by atoms with Gasteiger partial charge >= 0.3 is 6.18 Å². The van der Waals surface area contributed by atoms with Crippen molar-refractivity contribution in [2.45, 2.75) is 50.7 Å². The topological polar surface area (TPSA) is 65.5 Å². The van der Waals surface area contributed by atoms with Gasteiger partial charge in [-0.15, -0.1) is 0 Å². The molecule has 2 aromatic carbocycles. The number of pyridine rings is 1. The molecule has 1 heterocycles. The van der Waals surface area contributed by atoms with E-state index in [4.69, 9.17) is 11.6 Å². The average Bonchev–Trinajstić information content (AvgIpc) is 3.72. The standard InChI is InChI=1S/C29H30ClF4N3O2/c1-37(2)14-15-3-7-18(8-4-15)36-26-20-11-19(17-9-23(30)28(39)24(31)10-17)22(29(32,33)34)12-25(20)35-13-21(26)27(38)16-5-6-16/h9-13,15-16,18,39H,3-8,14H2,1-2H3,(H,35,36)/t15-,18-. The van der Waals surface area contributed by atoms with Crippen LogP contribution in [-0.2, 0) is 6.18 Å². The number of anilines is 1. The number of phenols is 1. The predicted octanol–water partition coefficient (Wildman–Crippen LogP) is 7.54. The van der Waals surface area contributed by atoms with E-state index < -0.39 is 28.3 Å². The Morgan fingerprint density at radius 2 is 1.79 bits per heavy atom. The number of carbonyl (C=O) groups is 1. The fourth-order valence-corrected chi connectivity index (χ4v) is 5.76. The summed E-state index contributed by atoms with van der Waals surface area (Å²) in [5.41, 5.74) is -0.563. The Labute approximate surface area is 229 Å². The third-order valence-corrected chi connectivity index (χ3v) is 7.96. The number of nitrogens with one attached hydrogen (secondary N) is 1. The van der Waals surface area contributed by atoms with E-state index in [0.29, 0.717) is 22.6 Å². The average molecular weight is 564 g/mol. The molecule has 0 atom stereocenters. The van der Waals surface area contributed by atoms with Crippen molar-refractivity contribution < 1.29 is 27.5 Å². The minimum Gasteiger partial charge on any atom is -0.504 e. The molecule has 0 amide bonds. The second-order valence-electron chi connectivity index (χ2n) is 11.0. The number of carbonyl (C=O) groups excluding carboxylic acids is 1. The quantitative estimate of drug-likeness (QED) is 0.230. The maximum Gasteiger partial charge on any atom is 0.417 e. The van der Waals surface area contributed by atoms with Crippen molar-refractivity contribution in [2.75, 3.05) is 26.0 Å². The smallest absolute Gasteiger partial charge is 0.417 e. The van der Waals surface area contributed by atoms with Gasteiger partial charge in [-0.1, -0.05) is 11.6 Å². The molecule has 10 heteroatoms. The molecule has 3 aromatic rings. The summed E-state index contributed by atoms with van der Waals surface area (Å²) in [6.07, 6.45) is 1.88. The number of aromatic hydroxyl groups is 1. The number of ketones is 1. The van der Waals surface area contributed by atoms with Gasteiger partial charge in [-0.3, -0.25) is 9.78 Å². The lowest BCUT2D eigenvalue weighted by atomic mass is 9.85. The molecule has 39 heavy (non-hydrogen) atoms. The van der Waals surface area contributed by atoms with Gasteiger partial charge in [0.2, 0.25) is 0 Å². The molecule has 208 valence electrons. The molecular formula is C29H30ClF4N3O2. The molecule has 2 aliphatic rings. The first-order valence-corrected chi connectivity index (χ1v) is 13.5. The SMILES string of the molecule is CN(C)C[C@H]1CC[C@H](Nc2c(C(=O)C3CC3)cnc3cc(C(F)(F)F)c(-c4cc(F)c(O)c(Cl)c4)cc23)CC1. The summed E-state index contributed by atoms with van der Waals surface area (Å²) >= 11 is 5.92. The van der Waals surface area contributed by atoms with Crippen LogP contribution in [0.25, 0.3) is 22.0 Å². The van der Waals surface area contributed by atoms with Gasteiger partial charge in [-0.2, -0.15) is 13.2 Å². The molecule has 0 bridgehead atoms. The van der Waals surface area contributed by atoms with Gasteiger partial charge in [0.1, 0.15) is 0 Å². The van der Waals surface area contributed by atoms with Gasteiger partial charge in [0.25, 0.3) is 0 Å². The van der Waals surface area contributed by atoms with Crippen molar-refractivity contribution >= 4 is 34.0 Å². The van der Waals surface area contributed by atoms with Crippen molar-refractivity contribution in [1.29, 1.82) is 0 Å². The number of benzene rings is 2. The number of aromatic nitrogens is 1. The molecule has 0 radical (unpaired) electrons. The highest BCUT2D eigenvalue weighted by Gasteiger charge is 2.37. The number of fused-ring (bicyclic) bond motifs is 1. The molecule has 5 nitrogen and oxygen atoms in total. The van der Waals surface area contributed by atoms with E-state index in [-0.39, 0.29) is 34.4 Å². The van der Waals surface area contributed by atoms with Crippen LogP contribution in [0.3, 0.4) is 0 Å². The third kappa shape index (κ3) is 5.84. The van der Waals surface area contributed by atoms with Crippen LogP contribution in [0, 0.1) is 17.7 Å². The molecule has 5 rings (SSSR count). The lowest BCUT2D eigenvalue weighted by Crippen LogP contribution is -2.31. The zero-order chi connectivity index (χ0) is 28.1. The summed E-state index contributed by atoms with van der Waals surface area (Å²) < 4.78 is 56.9. The monoisotopic (exact) mass is 563 g/mol. The summed E-state index contributed by atoms with van der Waals surface area (Å²) in [5.74, 6) is -1.59. The summed E-state index contributed by atoms with van der Waals surface area (Å²) in [7, 11) is 4.09.